The van der Waals surface area contributed by atoms with Gasteiger partial charge in [0.15, 0.2) is 0 Å². The molecule has 0 aliphatic rings. The summed E-state index contributed by atoms with van der Waals surface area (Å²) in [6.07, 6.45) is 1.59. The molecule has 0 fully saturated rings. The SMILES string of the molecule is CN(c1nc(CNC(C)(C)C)co1)c1ccccc1F. The Labute approximate surface area is 118 Å². The van der Waals surface area contributed by atoms with Crippen molar-refractivity contribution < 1.29 is 8.81 Å². The van der Waals surface area contributed by atoms with Crippen LogP contribution in [0.5, 0.6) is 0 Å². The minimum absolute atomic E-state index is 0.0105. The fourth-order valence-corrected chi connectivity index (χ4v) is 1.71. The third-order valence-corrected chi connectivity index (χ3v) is 2.84. The minimum atomic E-state index is -0.303. The fraction of sp³-hybridized carbons (Fsp3) is 0.400. The second kappa shape index (κ2) is 5.63. The van der Waals surface area contributed by atoms with Gasteiger partial charge in [0.05, 0.1) is 11.4 Å². The molecule has 0 saturated carbocycles. The smallest absolute Gasteiger partial charge is 0.301 e. The van der Waals surface area contributed by atoms with Crippen molar-refractivity contribution in [3.8, 4) is 0 Å². The number of halogens is 1. The van der Waals surface area contributed by atoms with Crippen LogP contribution in [0, 0.1) is 5.82 Å². The first-order valence-electron chi connectivity index (χ1n) is 6.54. The van der Waals surface area contributed by atoms with E-state index in [1.807, 2.05) is 0 Å². The monoisotopic (exact) mass is 277 g/mol. The Kier molecular flexibility index (Phi) is 4.09. The summed E-state index contributed by atoms with van der Waals surface area (Å²) in [6.45, 7) is 6.86. The Hall–Kier alpha value is -1.88. The van der Waals surface area contributed by atoms with Crippen LogP contribution in [0.25, 0.3) is 0 Å². The maximum absolute atomic E-state index is 13.7. The summed E-state index contributed by atoms with van der Waals surface area (Å²) in [5.41, 5.74) is 1.24. The molecule has 0 amide bonds. The van der Waals surface area contributed by atoms with E-state index in [0.29, 0.717) is 18.2 Å². The van der Waals surface area contributed by atoms with Crippen molar-refractivity contribution in [2.24, 2.45) is 0 Å². The Morgan fingerprint density at radius 2 is 2.00 bits per heavy atom. The van der Waals surface area contributed by atoms with Gasteiger partial charge in [0.1, 0.15) is 12.1 Å². The van der Waals surface area contributed by atoms with Crippen molar-refractivity contribution in [2.45, 2.75) is 32.9 Å². The van der Waals surface area contributed by atoms with Crippen LogP contribution in [0.15, 0.2) is 34.9 Å². The number of oxazole rings is 1. The molecule has 2 rings (SSSR count). The van der Waals surface area contributed by atoms with Gasteiger partial charge in [0.2, 0.25) is 0 Å². The van der Waals surface area contributed by atoms with Gasteiger partial charge in [-0.15, -0.1) is 0 Å². The summed E-state index contributed by atoms with van der Waals surface area (Å²) in [4.78, 5) is 5.95. The van der Waals surface area contributed by atoms with Crippen LogP contribution in [-0.4, -0.2) is 17.6 Å². The minimum Gasteiger partial charge on any atom is -0.431 e. The third kappa shape index (κ3) is 3.57. The molecule has 4 nitrogen and oxygen atoms in total. The van der Waals surface area contributed by atoms with Gasteiger partial charge in [-0.05, 0) is 32.9 Å². The molecule has 0 spiro atoms. The zero-order valence-corrected chi connectivity index (χ0v) is 12.3. The van der Waals surface area contributed by atoms with E-state index in [4.69, 9.17) is 4.42 Å². The highest BCUT2D eigenvalue weighted by molar-refractivity contribution is 5.55. The lowest BCUT2D eigenvalue weighted by Gasteiger charge is -2.19. The summed E-state index contributed by atoms with van der Waals surface area (Å²) >= 11 is 0. The second-order valence-electron chi connectivity index (χ2n) is 5.74. The molecular formula is C15H20FN3O. The third-order valence-electron chi connectivity index (χ3n) is 2.84. The standard InChI is InChI=1S/C15H20FN3O/c1-15(2,3)17-9-11-10-20-14(18-11)19(4)13-8-6-5-7-12(13)16/h5-8,10,17H,9H2,1-4H3. The van der Waals surface area contributed by atoms with Crippen LogP contribution >= 0.6 is 0 Å². The predicted octanol–water partition coefficient (Wildman–Crippen LogP) is 3.47. The van der Waals surface area contributed by atoms with Gasteiger partial charge in [0, 0.05) is 19.1 Å². The maximum atomic E-state index is 13.7. The second-order valence-corrected chi connectivity index (χ2v) is 5.74. The molecule has 108 valence electrons. The predicted molar refractivity (Wildman–Crippen MR) is 77.6 cm³/mol. The normalized spacial score (nSPS) is 11.7. The van der Waals surface area contributed by atoms with E-state index in [9.17, 15) is 4.39 Å². The molecule has 0 bridgehead atoms. The highest BCUT2D eigenvalue weighted by Crippen LogP contribution is 2.25. The average Bonchev–Trinajstić information content (AvgIpc) is 2.84. The molecule has 5 heteroatoms. The number of aromatic nitrogens is 1. The summed E-state index contributed by atoms with van der Waals surface area (Å²) < 4.78 is 19.1. The van der Waals surface area contributed by atoms with E-state index in [1.54, 1.807) is 36.4 Å². The lowest BCUT2D eigenvalue weighted by Crippen LogP contribution is -2.35. The van der Waals surface area contributed by atoms with Gasteiger partial charge in [-0.1, -0.05) is 12.1 Å². The summed E-state index contributed by atoms with van der Waals surface area (Å²) in [6, 6.07) is 6.91. The number of anilines is 2. The lowest BCUT2D eigenvalue weighted by atomic mass is 10.1. The quantitative estimate of drug-likeness (QED) is 0.929. The average molecular weight is 277 g/mol. The molecule has 1 aromatic carbocycles. The molecule has 1 heterocycles. The van der Waals surface area contributed by atoms with E-state index in [-0.39, 0.29) is 11.4 Å². The van der Waals surface area contributed by atoms with E-state index in [2.05, 4.69) is 31.1 Å². The zero-order valence-electron chi connectivity index (χ0n) is 12.3. The Bertz CT molecular complexity index is 574. The highest BCUT2D eigenvalue weighted by atomic mass is 19.1. The number of nitrogens with one attached hydrogen (secondary N) is 1. The van der Waals surface area contributed by atoms with Crippen molar-refractivity contribution >= 4 is 11.7 Å². The highest BCUT2D eigenvalue weighted by Gasteiger charge is 2.15. The van der Waals surface area contributed by atoms with Crippen LogP contribution in [0.4, 0.5) is 16.1 Å². The number of rotatable bonds is 4. The van der Waals surface area contributed by atoms with Crippen molar-refractivity contribution in [2.75, 3.05) is 11.9 Å². The molecule has 0 aliphatic carbocycles. The van der Waals surface area contributed by atoms with Crippen LogP contribution in [0.3, 0.4) is 0 Å². The lowest BCUT2D eigenvalue weighted by molar-refractivity contribution is 0.421. The van der Waals surface area contributed by atoms with Gasteiger partial charge in [0.25, 0.3) is 0 Å². The first kappa shape index (κ1) is 14.5. The summed E-state index contributed by atoms with van der Waals surface area (Å²) in [7, 11) is 1.73. The number of hydrogen-bond acceptors (Lipinski definition) is 4. The molecule has 0 radical (unpaired) electrons. The molecule has 1 N–H and O–H groups in total. The molecule has 1 aromatic heterocycles. The van der Waals surface area contributed by atoms with Gasteiger partial charge in [-0.2, -0.15) is 4.98 Å². The molecule has 0 unspecified atom stereocenters. The zero-order chi connectivity index (χ0) is 14.8. The molecule has 0 aliphatic heterocycles. The van der Waals surface area contributed by atoms with E-state index in [1.165, 1.54) is 6.07 Å². The van der Waals surface area contributed by atoms with Crippen LogP contribution < -0.4 is 10.2 Å². The van der Waals surface area contributed by atoms with Crippen molar-refractivity contribution in [3.05, 3.63) is 42.0 Å². The molecule has 20 heavy (non-hydrogen) atoms. The van der Waals surface area contributed by atoms with Gasteiger partial charge in [-0.25, -0.2) is 4.39 Å². The van der Waals surface area contributed by atoms with E-state index >= 15 is 0 Å². The van der Waals surface area contributed by atoms with Crippen LogP contribution in [0.1, 0.15) is 26.5 Å². The van der Waals surface area contributed by atoms with Gasteiger partial charge < -0.3 is 9.73 Å². The first-order valence-corrected chi connectivity index (χ1v) is 6.54. The van der Waals surface area contributed by atoms with Crippen LogP contribution in [-0.2, 0) is 6.54 Å². The summed E-state index contributed by atoms with van der Waals surface area (Å²) in [5, 5.41) is 3.33. The van der Waals surface area contributed by atoms with Crippen molar-refractivity contribution in [1.29, 1.82) is 0 Å². The molecule has 0 atom stereocenters. The fourth-order valence-electron chi connectivity index (χ4n) is 1.71. The Balaban J connectivity index is 2.11. The van der Waals surface area contributed by atoms with E-state index < -0.39 is 0 Å². The first-order chi connectivity index (χ1) is 9.37. The van der Waals surface area contributed by atoms with E-state index in [0.717, 1.165) is 5.69 Å². The molecular weight excluding hydrogens is 257 g/mol. The number of para-hydroxylation sites is 1. The van der Waals surface area contributed by atoms with Gasteiger partial charge in [-0.3, -0.25) is 4.90 Å². The topological polar surface area (TPSA) is 41.3 Å². The molecule has 2 aromatic rings. The number of hydrogen-bond donors (Lipinski definition) is 1. The van der Waals surface area contributed by atoms with Crippen molar-refractivity contribution in [3.63, 3.8) is 0 Å². The number of nitrogens with zero attached hydrogens (tertiary/aromatic N) is 2. The largest absolute Gasteiger partial charge is 0.431 e. The molecule has 0 saturated heterocycles. The Morgan fingerprint density at radius 1 is 1.30 bits per heavy atom. The summed E-state index contributed by atoms with van der Waals surface area (Å²) in [5.74, 6) is -0.303. The van der Waals surface area contributed by atoms with Crippen molar-refractivity contribution in [1.82, 2.24) is 10.3 Å². The van der Waals surface area contributed by atoms with Gasteiger partial charge >= 0.3 is 6.01 Å². The van der Waals surface area contributed by atoms with Crippen LogP contribution in [0.2, 0.25) is 0 Å². The number of benzene rings is 1. The maximum Gasteiger partial charge on any atom is 0.301 e. The Morgan fingerprint density at radius 3 is 2.65 bits per heavy atom.